The van der Waals surface area contributed by atoms with Crippen LogP contribution in [0, 0.1) is 5.92 Å². The Morgan fingerprint density at radius 1 is 1.58 bits per heavy atom. The first-order valence-corrected chi connectivity index (χ1v) is 3.34. The van der Waals surface area contributed by atoms with Crippen molar-refractivity contribution in [3.63, 3.8) is 0 Å². The van der Waals surface area contributed by atoms with Crippen molar-refractivity contribution < 1.29 is 19.5 Å². The number of primary amides is 1. The van der Waals surface area contributed by atoms with Gasteiger partial charge in [0.1, 0.15) is 6.04 Å². The van der Waals surface area contributed by atoms with Crippen LogP contribution < -0.4 is 11.1 Å². The van der Waals surface area contributed by atoms with Gasteiger partial charge in [-0.15, -0.1) is 0 Å². The minimum Gasteiger partial charge on any atom is -0.480 e. The molecule has 0 radical (unpaired) electrons. The molecule has 1 rings (SSSR count). The van der Waals surface area contributed by atoms with Crippen molar-refractivity contribution in [3.8, 4) is 0 Å². The number of carbonyl (C=O) groups excluding carboxylic acids is 2. The van der Waals surface area contributed by atoms with Gasteiger partial charge in [0, 0.05) is 6.42 Å². The lowest BCUT2D eigenvalue weighted by atomic mass is 10.0. The standard InChI is InChI=1S/C6H8N2O4/c7-5(10)2-1-3(9)8-4(2)6(11)12/h2,4H,1H2,(H2,7,10)(H,8,9)(H,11,12). The van der Waals surface area contributed by atoms with Gasteiger partial charge in [-0.1, -0.05) is 0 Å². The predicted molar refractivity (Wildman–Crippen MR) is 36.9 cm³/mol. The van der Waals surface area contributed by atoms with E-state index in [9.17, 15) is 14.4 Å². The van der Waals surface area contributed by atoms with Crippen LogP contribution in [-0.2, 0) is 14.4 Å². The molecular formula is C6H8N2O4. The molecule has 4 N–H and O–H groups in total. The highest BCUT2D eigenvalue weighted by Gasteiger charge is 2.40. The van der Waals surface area contributed by atoms with Crippen LogP contribution in [0.1, 0.15) is 6.42 Å². The Morgan fingerprint density at radius 2 is 2.17 bits per heavy atom. The first-order chi connectivity index (χ1) is 5.52. The van der Waals surface area contributed by atoms with E-state index in [4.69, 9.17) is 10.8 Å². The second-order valence-electron chi connectivity index (χ2n) is 2.60. The van der Waals surface area contributed by atoms with Gasteiger partial charge in [0.05, 0.1) is 5.92 Å². The van der Waals surface area contributed by atoms with Gasteiger partial charge < -0.3 is 16.2 Å². The first-order valence-electron chi connectivity index (χ1n) is 3.34. The van der Waals surface area contributed by atoms with E-state index in [2.05, 4.69) is 5.32 Å². The minimum atomic E-state index is -1.23. The summed E-state index contributed by atoms with van der Waals surface area (Å²) in [5, 5.41) is 10.7. The number of carboxylic acids is 1. The Balaban J connectivity index is 2.79. The molecule has 0 aliphatic carbocycles. The summed E-state index contributed by atoms with van der Waals surface area (Å²) in [5.41, 5.74) is 4.89. The number of nitrogens with two attached hydrogens (primary N) is 1. The van der Waals surface area contributed by atoms with Gasteiger partial charge in [-0.25, -0.2) is 4.79 Å². The van der Waals surface area contributed by atoms with Crippen molar-refractivity contribution in [2.24, 2.45) is 11.7 Å². The van der Waals surface area contributed by atoms with E-state index in [-0.39, 0.29) is 6.42 Å². The molecular weight excluding hydrogens is 164 g/mol. The van der Waals surface area contributed by atoms with E-state index in [0.717, 1.165) is 0 Å². The number of amides is 2. The third kappa shape index (κ3) is 1.36. The topological polar surface area (TPSA) is 109 Å². The van der Waals surface area contributed by atoms with Crippen molar-refractivity contribution in [2.75, 3.05) is 0 Å². The number of aliphatic carboxylic acids is 1. The van der Waals surface area contributed by atoms with Crippen LogP contribution in [0.25, 0.3) is 0 Å². The highest BCUT2D eigenvalue weighted by molar-refractivity contribution is 5.96. The average molecular weight is 172 g/mol. The molecule has 66 valence electrons. The molecule has 0 spiro atoms. The van der Waals surface area contributed by atoms with Crippen LogP contribution >= 0.6 is 0 Å². The summed E-state index contributed by atoms with van der Waals surface area (Å²) >= 11 is 0. The molecule has 0 aromatic heterocycles. The molecule has 1 aliphatic rings. The van der Waals surface area contributed by atoms with E-state index in [0.29, 0.717) is 0 Å². The number of nitrogens with one attached hydrogen (secondary N) is 1. The molecule has 0 bridgehead atoms. The summed E-state index contributed by atoms with van der Waals surface area (Å²) in [7, 11) is 0. The third-order valence-electron chi connectivity index (χ3n) is 1.76. The van der Waals surface area contributed by atoms with Gasteiger partial charge in [0.2, 0.25) is 11.8 Å². The molecule has 2 atom stereocenters. The van der Waals surface area contributed by atoms with E-state index in [1.807, 2.05) is 0 Å². The molecule has 1 heterocycles. The minimum absolute atomic E-state index is 0.133. The molecule has 1 fully saturated rings. The summed E-state index contributed by atoms with van der Waals surface area (Å²) in [4.78, 5) is 31.8. The lowest BCUT2D eigenvalue weighted by Gasteiger charge is -2.09. The fourth-order valence-electron chi connectivity index (χ4n) is 1.15. The number of rotatable bonds is 2. The molecule has 0 aromatic carbocycles. The van der Waals surface area contributed by atoms with Crippen LogP contribution in [0.4, 0.5) is 0 Å². The Morgan fingerprint density at radius 3 is 2.50 bits per heavy atom. The second kappa shape index (κ2) is 2.80. The summed E-state index contributed by atoms with van der Waals surface area (Å²) < 4.78 is 0. The van der Waals surface area contributed by atoms with Gasteiger partial charge in [-0.05, 0) is 0 Å². The third-order valence-corrected chi connectivity index (χ3v) is 1.76. The second-order valence-corrected chi connectivity index (χ2v) is 2.60. The maximum Gasteiger partial charge on any atom is 0.327 e. The Bertz CT molecular complexity index is 226. The normalized spacial score (nSPS) is 28.2. The van der Waals surface area contributed by atoms with Crippen LogP contribution in [0.5, 0.6) is 0 Å². The highest BCUT2D eigenvalue weighted by Crippen LogP contribution is 2.15. The monoisotopic (exact) mass is 172 g/mol. The maximum atomic E-state index is 10.7. The molecule has 6 heteroatoms. The molecule has 6 nitrogen and oxygen atoms in total. The number of carboxylic acid groups (broad SMARTS) is 1. The zero-order chi connectivity index (χ0) is 9.30. The van der Waals surface area contributed by atoms with Crippen LogP contribution in [0.3, 0.4) is 0 Å². The fourth-order valence-corrected chi connectivity index (χ4v) is 1.15. The van der Waals surface area contributed by atoms with E-state index in [1.54, 1.807) is 0 Å². The molecule has 12 heavy (non-hydrogen) atoms. The smallest absolute Gasteiger partial charge is 0.327 e. The Labute approximate surface area is 67.7 Å². The van der Waals surface area contributed by atoms with Gasteiger partial charge in [-0.2, -0.15) is 0 Å². The average Bonchev–Trinajstić information content (AvgIpc) is 2.31. The molecule has 2 unspecified atom stereocenters. The lowest BCUT2D eigenvalue weighted by molar-refractivity contribution is -0.142. The molecule has 0 aromatic rings. The van der Waals surface area contributed by atoms with Crippen LogP contribution in [0.2, 0.25) is 0 Å². The zero-order valence-electron chi connectivity index (χ0n) is 6.11. The SMILES string of the molecule is NC(=O)C1CC(=O)NC1C(=O)O. The number of hydrogen-bond acceptors (Lipinski definition) is 3. The number of carbonyl (C=O) groups is 3. The van der Waals surface area contributed by atoms with Crippen molar-refractivity contribution in [2.45, 2.75) is 12.5 Å². The zero-order valence-corrected chi connectivity index (χ0v) is 6.11. The van der Waals surface area contributed by atoms with Gasteiger partial charge >= 0.3 is 5.97 Å². The Hall–Kier alpha value is -1.59. The number of hydrogen-bond donors (Lipinski definition) is 3. The maximum absolute atomic E-state index is 10.7. The highest BCUT2D eigenvalue weighted by atomic mass is 16.4. The lowest BCUT2D eigenvalue weighted by Crippen LogP contribution is -2.41. The van der Waals surface area contributed by atoms with Crippen molar-refractivity contribution >= 4 is 17.8 Å². The summed E-state index contributed by atoms with van der Waals surface area (Å²) in [6.45, 7) is 0. The quantitative estimate of drug-likeness (QED) is 0.450. The Kier molecular flexibility index (Phi) is 1.99. The first kappa shape index (κ1) is 8.51. The van der Waals surface area contributed by atoms with E-state index >= 15 is 0 Å². The summed E-state index contributed by atoms with van der Waals surface area (Å²) in [5.74, 6) is -3.37. The van der Waals surface area contributed by atoms with Gasteiger partial charge in [0.15, 0.2) is 0 Å². The van der Waals surface area contributed by atoms with Crippen molar-refractivity contribution in [1.29, 1.82) is 0 Å². The van der Waals surface area contributed by atoms with Gasteiger partial charge in [0.25, 0.3) is 0 Å². The largest absolute Gasteiger partial charge is 0.480 e. The molecule has 0 saturated carbocycles. The molecule has 1 aliphatic heterocycles. The fraction of sp³-hybridized carbons (Fsp3) is 0.500. The molecule has 1 saturated heterocycles. The molecule has 2 amide bonds. The van der Waals surface area contributed by atoms with Crippen molar-refractivity contribution in [3.05, 3.63) is 0 Å². The summed E-state index contributed by atoms with van der Waals surface area (Å²) in [6, 6.07) is -1.16. The van der Waals surface area contributed by atoms with Crippen LogP contribution in [0.15, 0.2) is 0 Å². The van der Waals surface area contributed by atoms with Crippen LogP contribution in [-0.4, -0.2) is 28.9 Å². The van der Waals surface area contributed by atoms with Gasteiger partial charge in [-0.3, -0.25) is 9.59 Å². The summed E-state index contributed by atoms with van der Waals surface area (Å²) in [6.07, 6.45) is -0.133. The predicted octanol–water partition coefficient (Wildman–Crippen LogP) is -1.94. The van der Waals surface area contributed by atoms with E-state index < -0.39 is 29.7 Å². The van der Waals surface area contributed by atoms with E-state index in [1.165, 1.54) is 0 Å². The van der Waals surface area contributed by atoms with Crippen molar-refractivity contribution in [1.82, 2.24) is 5.32 Å².